The zero-order valence-electron chi connectivity index (χ0n) is 15.4. The third-order valence-corrected chi connectivity index (χ3v) is 5.25. The van der Waals surface area contributed by atoms with Crippen molar-refractivity contribution in [2.75, 3.05) is 30.0 Å². The summed E-state index contributed by atoms with van der Waals surface area (Å²) in [6.45, 7) is 4.30. The number of amides is 1. The molecule has 2 aliphatic rings. The van der Waals surface area contributed by atoms with Crippen LogP contribution in [0.15, 0.2) is 24.4 Å². The van der Waals surface area contributed by atoms with Crippen LogP contribution in [0.3, 0.4) is 0 Å². The van der Waals surface area contributed by atoms with Crippen molar-refractivity contribution in [3.63, 3.8) is 0 Å². The lowest BCUT2D eigenvalue weighted by Crippen LogP contribution is -2.28. The molecule has 0 saturated carbocycles. The minimum absolute atomic E-state index is 0.255. The lowest BCUT2D eigenvalue weighted by molar-refractivity contribution is 0.102. The van der Waals surface area contributed by atoms with Crippen LogP contribution in [0.2, 0.25) is 0 Å². The first kappa shape index (κ1) is 17.9. The highest BCUT2D eigenvalue weighted by Gasteiger charge is 2.26. The van der Waals surface area contributed by atoms with E-state index < -0.39 is 5.95 Å². The number of rotatable bonds is 3. The number of carbonyl (C=O) groups excluding carboxylic acids is 1. The summed E-state index contributed by atoms with van der Waals surface area (Å²) in [5.74, 6) is -0.0395. The lowest BCUT2D eigenvalue weighted by Gasteiger charge is -2.25. The van der Waals surface area contributed by atoms with Crippen molar-refractivity contribution in [2.45, 2.75) is 38.6 Å². The van der Waals surface area contributed by atoms with Crippen LogP contribution in [0.1, 0.15) is 41.4 Å². The topological polar surface area (TPSA) is 67.4 Å². The van der Waals surface area contributed by atoms with E-state index in [2.05, 4.69) is 22.1 Å². The number of carbonyl (C=O) groups is 1. The number of hydrogen-bond acceptors (Lipinski definition) is 5. The van der Waals surface area contributed by atoms with Gasteiger partial charge in [-0.2, -0.15) is 4.39 Å². The Hall–Kier alpha value is -2.54. The van der Waals surface area contributed by atoms with Gasteiger partial charge < -0.3 is 15.0 Å². The molecule has 1 saturated heterocycles. The molecule has 0 aromatic carbocycles. The molecule has 0 aliphatic carbocycles. The summed E-state index contributed by atoms with van der Waals surface area (Å²) < 4.78 is 19.0. The number of fused-ring (bicyclic) bond motifs is 1. The Bertz CT molecular complexity index is 858. The van der Waals surface area contributed by atoms with Crippen LogP contribution in [-0.4, -0.2) is 41.7 Å². The van der Waals surface area contributed by atoms with E-state index in [0.717, 1.165) is 36.5 Å². The van der Waals surface area contributed by atoms with Crippen molar-refractivity contribution >= 4 is 17.4 Å². The average Bonchev–Trinajstić information content (AvgIpc) is 2.93. The molecule has 2 aliphatic heterocycles. The van der Waals surface area contributed by atoms with Crippen LogP contribution < -0.4 is 10.2 Å². The van der Waals surface area contributed by atoms with Gasteiger partial charge in [-0.3, -0.25) is 4.79 Å². The second kappa shape index (κ2) is 7.60. The van der Waals surface area contributed by atoms with E-state index in [4.69, 9.17) is 9.72 Å². The number of aromatic nitrogens is 2. The minimum Gasteiger partial charge on any atom is -0.381 e. The molecule has 0 spiro atoms. The van der Waals surface area contributed by atoms with Gasteiger partial charge in [0.25, 0.3) is 5.91 Å². The molecule has 0 unspecified atom stereocenters. The number of hydrogen-bond donors (Lipinski definition) is 1. The standard InChI is InChI=1S/C20H23FN4O2/c1-13-3-2-8-25(13)19-12-16(15-5-9-27-10-6-17(15)24-19)20(26)23-14-4-7-22-18(21)11-14/h4,7,11-13H,2-3,5-6,8-10H2,1H3,(H,22,23,26)/t13-/m1/s1. The number of nitrogens with zero attached hydrogens (tertiary/aromatic N) is 3. The zero-order valence-corrected chi connectivity index (χ0v) is 15.4. The van der Waals surface area contributed by atoms with Gasteiger partial charge in [0, 0.05) is 48.2 Å². The SMILES string of the molecule is C[C@@H]1CCCN1c1cc(C(=O)Nc2ccnc(F)c2)c2c(n1)CCOCC2. The third kappa shape index (κ3) is 3.78. The van der Waals surface area contributed by atoms with Crippen molar-refractivity contribution in [3.05, 3.63) is 47.2 Å². The normalized spacial score (nSPS) is 19.5. The molecule has 142 valence electrons. The maximum absolute atomic E-state index is 13.4. The van der Waals surface area contributed by atoms with Crippen molar-refractivity contribution in [3.8, 4) is 0 Å². The van der Waals surface area contributed by atoms with E-state index in [9.17, 15) is 9.18 Å². The number of nitrogens with one attached hydrogen (secondary N) is 1. The van der Waals surface area contributed by atoms with Crippen LogP contribution in [-0.2, 0) is 17.6 Å². The number of ether oxygens (including phenoxy) is 1. The summed E-state index contributed by atoms with van der Waals surface area (Å²) in [4.78, 5) is 23.7. The van der Waals surface area contributed by atoms with E-state index in [1.807, 2.05) is 6.07 Å². The van der Waals surface area contributed by atoms with Gasteiger partial charge in [0.05, 0.1) is 13.2 Å². The second-order valence-corrected chi connectivity index (χ2v) is 7.07. The highest BCUT2D eigenvalue weighted by molar-refractivity contribution is 6.06. The Morgan fingerprint density at radius 2 is 2.19 bits per heavy atom. The Morgan fingerprint density at radius 1 is 1.33 bits per heavy atom. The van der Waals surface area contributed by atoms with Gasteiger partial charge in [0.15, 0.2) is 0 Å². The Labute approximate surface area is 157 Å². The summed E-state index contributed by atoms with van der Waals surface area (Å²) in [6, 6.07) is 5.07. The fraction of sp³-hybridized carbons (Fsp3) is 0.450. The molecule has 1 N–H and O–H groups in total. The predicted molar refractivity (Wildman–Crippen MR) is 101 cm³/mol. The molecule has 4 rings (SSSR count). The van der Waals surface area contributed by atoms with Gasteiger partial charge in [-0.15, -0.1) is 0 Å². The predicted octanol–water partition coefficient (Wildman–Crippen LogP) is 2.97. The summed E-state index contributed by atoms with van der Waals surface area (Å²) >= 11 is 0. The Balaban J connectivity index is 1.71. The van der Waals surface area contributed by atoms with Crippen LogP contribution in [0.4, 0.5) is 15.9 Å². The van der Waals surface area contributed by atoms with Crippen molar-refractivity contribution < 1.29 is 13.9 Å². The molecule has 2 aromatic rings. The monoisotopic (exact) mass is 370 g/mol. The molecular weight excluding hydrogens is 347 g/mol. The highest BCUT2D eigenvalue weighted by Crippen LogP contribution is 2.29. The molecule has 0 radical (unpaired) electrons. The van der Waals surface area contributed by atoms with Gasteiger partial charge in [-0.25, -0.2) is 9.97 Å². The van der Waals surface area contributed by atoms with Gasteiger partial charge >= 0.3 is 0 Å². The summed E-state index contributed by atoms with van der Waals surface area (Å²) in [7, 11) is 0. The molecular formula is C20H23FN4O2. The van der Waals surface area contributed by atoms with E-state index >= 15 is 0 Å². The maximum Gasteiger partial charge on any atom is 0.256 e. The van der Waals surface area contributed by atoms with Crippen LogP contribution in [0.25, 0.3) is 0 Å². The molecule has 7 heteroatoms. The van der Waals surface area contributed by atoms with E-state index in [1.54, 1.807) is 6.07 Å². The van der Waals surface area contributed by atoms with E-state index in [1.165, 1.54) is 12.3 Å². The fourth-order valence-corrected chi connectivity index (χ4v) is 3.84. The summed E-state index contributed by atoms with van der Waals surface area (Å²) in [6.07, 6.45) is 4.92. The fourth-order valence-electron chi connectivity index (χ4n) is 3.84. The van der Waals surface area contributed by atoms with Gasteiger partial charge in [-0.1, -0.05) is 0 Å². The second-order valence-electron chi connectivity index (χ2n) is 7.07. The van der Waals surface area contributed by atoms with Crippen molar-refractivity contribution in [1.82, 2.24) is 9.97 Å². The molecule has 1 atom stereocenters. The van der Waals surface area contributed by atoms with Crippen LogP contribution in [0, 0.1) is 5.95 Å². The first-order valence-corrected chi connectivity index (χ1v) is 9.42. The molecule has 2 aromatic heterocycles. The van der Waals surface area contributed by atoms with E-state index in [-0.39, 0.29) is 5.91 Å². The number of halogens is 1. The maximum atomic E-state index is 13.4. The summed E-state index contributed by atoms with van der Waals surface area (Å²) in [5.41, 5.74) is 2.83. The van der Waals surface area contributed by atoms with Gasteiger partial charge in [0.2, 0.25) is 5.95 Å². The van der Waals surface area contributed by atoms with Crippen molar-refractivity contribution in [1.29, 1.82) is 0 Å². The summed E-state index contributed by atoms with van der Waals surface area (Å²) in [5, 5.41) is 2.79. The largest absolute Gasteiger partial charge is 0.381 e. The number of anilines is 2. The number of pyridine rings is 2. The molecule has 1 amide bonds. The highest BCUT2D eigenvalue weighted by atomic mass is 19.1. The zero-order chi connectivity index (χ0) is 18.8. The average molecular weight is 370 g/mol. The molecule has 4 heterocycles. The van der Waals surface area contributed by atoms with Crippen LogP contribution >= 0.6 is 0 Å². The molecule has 0 bridgehead atoms. The van der Waals surface area contributed by atoms with E-state index in [0.29, 0.717) is 43.3 Å². The smallest absolute Gasteiger partial charge is 0.256 e. The van der Waals surface area contributed by atoms with Crippen molar-refractivity contribution in [2.24, 2.45) is 0 Å². The third-order valence-electron chi connectivity index (χ3n) is 5.25. The molecule has 6 nitrogen and oxygen atoms in total. The minimum atomic E-state index is -0.624. The van der Waals surface area contributed by atoms with Gasteiger partial charge in [-0.05, 0) is 43.9 Å². The van der Waals surface area contributed by atoms with Gasteiger partial charge in [0.1, 0.15) is 5.82 Å². The molecule has 27 heavy (non-hydrogen) atoms. The quantitative estimate of drug-likeness (QED) is 0.842. The molecule has 1 fully saturated rings. The first-order valence-electron chi connectivity index (χ1n) is 9.42. The van der Waals surface area contributed by atoms with Crippen LogP contribution in [0.5, 0.6) is 0 Å². The first-order chi connectivity index (χ1) is 13.1. The Morgan fingerprint density at radius 3 is 2.96 bits per heavy atom. The lowest BCUT2D eigenvalue weighted by atomic mass is 10.0. The Kier molecular flexibility index (Phi) is 5.03.